The van der Waals surface area contributed by atoms with Crippen molar-refractivity contribution in [2.45, 2.75) is 20.4 Å². The largest absolute Gasteiger partial charge is 0.294 e. The Hall–Kier alpha value is -3.51. The highest BCUT2D eigenvalue weighted by molar-refractivity contribution is 7.17. The molecule has 0 bridgehead atoms. The molecule has 5 rings (SSSR count). The van der Waals surface area contributed by atoms with E-state index in [9.17, 15) is 4.79 Å². The Morgan fingerprint density at radius 2 is 1.87 bits per heavy atom. The van der Waals surface area contributed by atoms with Crippen LogP contribution in [-0.4, -0.2) is 19.3 Å². The van der Waals surface area contributed by atoms with E-state index < -0.39 is 0 Å². The molecule has 0 N–H and O–H groups in total. The first-order valence-corrected chi connectivity index (χ1v) is 10.6. The second-order valence-electron chi connectivity index (χ2n) is 7.42. The van der Waals surface area contributed by atoms with Crippen molar-refractivity contribution in [3.8, 4) is 16.8 Å². The first-order chi connectivity index (χ1) is 14.6. The number of hydrogen-bond donors (Lipinski definition) is 0. The lowest BCUT2D eigenvalue weighted by Gasteiger charge is -2.08. The lowest BCUT2D eigenvalue weighted by Crippen LogP contribution is -2.21. The summed E-state index contributed by atoms with van der Waals surface area (Å²) in [5, 5.41) is 6.97. The maximum absolute atomic E-state index is 13.3. The predicted octanol–water partition coefficient (Wildman–Crippen LogP) is 4.98. The van der Waals surface area contributed by atoms with Gasteiger partial charge in [-0.25, -0.2) is 9.67 Å². The molecule has 148 valence electrons. The van der Waals surface area contributed by atoms with Crippen molar-refractivity contribution in [2.75, 3.05) is 0 Å². The number of benzene rings is 2. The highest BCUT2D eigenvalue weighted by Gasteiger charge is 2.14. The minimum atomic E-state index is -0.00868. The van der Waals surface area contributed by atoms with Gasteiger partial charge in [-0.15, -0.1) is 11.3 Å². The van der Waals surface area contributed by atoms with Gasteiger partial charge in [0, 0.05) is 23.3 Å². The van der Waals surface area contributed by atoms with Gasteiger partial charge < -0.3 is 0 Å². The Morgan fingerprint density at radius 3 is 2.60 bits per heavy atom. The van der Waals surface area contributed by atoms with Crippen molar-refractivity contribution in [3.63, 3.8) is 0 Å². The summed E-state index contributed by atoms with van der Waals surface area (Å²) in [4.78, 5) is 18.6. The number of hydrogen-bond acceptors (Lipinski definition) is 4. The molecule has 3 aromatic heterocycles. The van der Waals surface area contributed by atoms with Crippen LogP contribution in [0.1, 0.15) is 16.7 Å². The van der Waals surface area contributed by atoms with E-state index in [-0.39, 0.29) is 5.56 Å². The molecule has 5 aromatic rings. The Morgan fingerprint density at radius 1 is 1.03 bits per heavy atom. The summed E-state index contributed by atoms with van der Waals surface area (Å²) in [6.07, 6.45) is 5.30. The summed E-state index contributed by atoms with van der Waals surface area (Å²) in [6.45, 7) is 4.66. The van der Waals surface area contributed by atoms with Crippen molar-refractivity contribution in [1.29, 1.82) is 0 Å². The van der Waals surface area contributed by atoms with E-state index in [1.165, 1.54) is 22.5 Å². The molecule has 3 heterocycles. The van der Waals surface area contributed by atoms with E-state index in [2.05, 4.69) is 42.1 Å². The van der Waals surface area contributed by atoms with Crippen LogP contribution < -0.4 is 5.56 Å². The van der Waals surface area contributed by atoms with Crippen LogP contribution in [0, 0.1) is 13.8 Å². The lowest BCUT2D eigenvalue weighted by molar-refractivity contribution is 0.748. The summed E-state index contributed by atoms with van der Waals surface area (Å²) in [5.74, 6) is 0. The van der Waals surface area contributed by atoms with Crippen LogP contribution in [0.25, 0.3) is 27.0 Å². The summed E-state index contributed by atoms with van der Waals surface area (Å²) in [7, 11) is 0. The average Bonchev–Trinajstić information content (AvgIpc) is 3.43. The zero-order valence-electron chi connectivity index (χ0n) is 16.7. The number of nitrogens with zero attached hydrogens (tertiary/aromatic N) is 4. The molecule has 0 saturated carbocycles. The van der Waals surface area contributed by atoms with E-state index in [4.69, 9.17) is 0 Å². The molecular weight excluding hydrogens is 392 g/mol. The van der Waals surface area contributed by atoms with Gasteiger partial charge in [-0.2, -0.15) is 5.10 Å². The lowest BCUT2D eigenvalue weighted by atomic mass is 10.0. The molecule has 2 aromatic carbocycles. The zero-order valence-corrected chi connectivity index (χ0v) is 17.6. The van der Waals surface area contributed by atoms with Gasteiger partial charge in [0.25, 0.3) is 5.56 Å². The third-order valence-corrected chi connectivity index (χ3v) is 6.32. The topological polar surface area (TPSA) is 52.7 Å². The smallest absolute Gasteiger partial charge is 0.263 e. The van der Waals surface area contributed by atoms with Gasteiger partial charge in [0.05, 0.1) is 23.9 Å². The molecule has 0 unspecified atom stereocenters. The van der Waals surface area contributed by atoms with Gasteiger partial charge >= 0.3 is 0 Å². The van der Waals surface area contributed by atoms with Crippen molar-refractivity contribution in [1.82, 2.24) is 19.3 Å². The van der Waals surface area contributed by atoms with Crippen molar-refractivity contribution in [2.24, 2.45) is 0 Å². The van der Waals surface area contributed by atoms with Crippen molar-refractivity contribution >= 4 is 21.6 Å². The number of aryl methyl sites for hydroxylation is 2. The molecule has 0 atom stereocenters. The Bertz CT molecular complexity index is 1400. The third-order valence-electron chi connectivity index (χ3n) is 5.44. The Kier molecular flexibility index (Phi) is 4.56. The van der Waals surface area contributed by atoms with Crippen molar-refractivity contribution in [3.05, 3.63) is 99.7 Å². The molecule has 0 amide bonds. The fraction of sp³-hybridized carbons (Fsp3) is 0.125. The standard InChI is InChI=1S/C24H20N4OS/c1-16-4-7-19(12-17(16)2)21-14-30-23-22(21)24(29)27(15-25-23)13-18-5-8-20(9-6-18)28-11-3-10-26-28/h3-12,14-15H,13H2,1-2H3. The van der Waals surface area contributed by atoms with Gasteiger partial charge in [-0.05, 0) is 54.3 Å². The molecule has 0 aliphatic rings. The van der Waals surface area contributed by atoms with E-state index in [0.29, 0.717) is 11.9 Å². The highest BCUT2D eigenvalue weighted by Crippen LogP contribution is 2.31. The van der Waals surface area contributed by atoms with Gasteiger partial charge in [-0.3, -0.25) is 9.36 Å². The second-order valence-corrected chi connectivity index (χ2v) is 8.28. The summed E-state index contributed by atoms with van der Waals surface area (Å²) >= 11 is 1.51. The van der Waals surface area contributed by atoms with Crippen molar-refractivity contribution < 1.29 is 0 Å². The SMILES string of the molecule is Cc1ccc(-c2csc3ncn(Cc4ccc(-n5cccn5)cc4)c(=O)c23)cc1C. The normalized spacial score (nSPS) is 11.3. The molecule has 0 fully saturated rings. The molecule has 30 heavy (non-hydrogen) atoms. The maximum Gasteiger partial charge on any atom is 0.263 e. The van der Waals surface area contributed by atoms with Crippen LogP contribution >= 0.6 is 11.3 Å². The molecule has 5 nitrogen and oxygen atoms in total. The summed E-state index contributed by atoms with van der Waals surface area (Å²) in [6, 6.07) is 16.3. The van der Waals surface area contributed by atoms with Crippen LogP contribution in [0.4, 0.5) is 0 Å². The Labute approximate surface area is 177 Å². The monoisotopic (exact) mass is 412 g/mol. The van der Waals surface area contributed by atoms with Crippen LogP contribution in [-0.2, 0) is 6.54 Å². The van der Waals surface area contributed by atoms with Crippen LogP contribution in [0.5, 0.6) is 0 Å². The van der Waals surface area contributed by atoms with E-state index in [0.717, 1.165) is 27.2 Å². The average molecular weight is 413 g/mol. The molecular formula is C24H20N4OS. The highest BCUT2D eigenvalue weighted by atomic mass is 32.1. The van der Waals surface area contributed by atoms with Gasteiger partial charge in [-0.1, -0.05) is 30.3 Å². The number of aromatic nitrogens is 4. The fourth-order valence-corrected chi connectivity index (χ4v) is 4.48. The molecule has 0 aliphatic heterocycles. The Balaban J connectivity index is 1.52. The molecule has 0 spiro atoms. The maximum atomic E-state index is 13.3. The quantitative estimate of drug-likeness (QED) is 0.418. The number of thiophene rings is 1. The minimum absolute atomic E-state index is 0.00868. The van der Waals surface area contributed by atoms with Crippen LogP contribution in [0.2, 0.25) is 0 Å². The van der Waals surface area contributed by atoms with Gasteiger partial charge in [0.2, 0.25) is 0 Å². The summed E-state index contributed by atoms with van der Waals surface area (Å²) in [5.41, 5.74) is 6.49. The number of fused-ring (bicyclic) bond motifs is 1. The van der Waals surface area contributed by atoms with Gasteiger partial charge in [0.15, 0.2) is 0 Å². The van der Waals surface area contributed by atoms with Crippen LogP contribution in [0.3, 0.4) is 0 Å². The van der Waals surface area contributed by atoms with Crippen LogP contribution in [0.15, 0.2) is 77.4 Å². The molecule has 0 radical (unpaired) electrons. The zero-order chi connectivity index (χ0) is 20.7. The predicted molar refractivity (Wildman–Crippen MR) is 121 cm³/mol. The third kappa shape index (κ3) is 3.25. The molecule has 0 saturated heterocycles. The molecule has 0 aliphatic carbocycles. The van der Waals surface area contributed by atoms with E-state index >= 15 is 0 Å². The first kappa shape index (κ1) is 18.5. The van der Waals surface area contributed by atoms with E-state index in [1.54, 1.807) is 17.1 Å². The molecule has 6 heteroatoms. The van der Waals surface area contributed by atoms with E-state index in [1.807, 2.05) is 46.6 Å². The number of rotatable bonds is 4. The first-order valence-electron chi connectivity index (χ1n) is 9.73. The van der Waals surface area contributed by atoms with Gasteiger partial charge in [0.1, 0.15) is 4.83 Å². The summed E-state index contributed by atoms with van der Waals surface area (Å²) < 4.78 is 3.49. The second kappa shape index (κ2) is 7.39. The fourth-order valence-electron chi connectivity index (χ4n) is 3.57. The minimum Gasteiger partial charge on any atom is -0.294 e.